The van der Waals surface area contributed by atoms with Gasteiger partial charge in [-0.05, 0) is 48.7 Å². The van der Waals surface area contributed by atoms with E-state index in [2.05, 4.69) is 4.74 Å². The molecule has 0 spiro atoms. The van der Waals surface area contributed by atoms with Gasteiger partial charge in [-0.25, -0.2) is 0 Å². The number of hydrogen-bond donors (Lipinski definition) is 0. The smallest absolute Gasteiger partial charge is 0.482 e. The van der Waals surface area contributed by atoms with Crippen LogP contribution in [0.2, 0.25) is 0 Å². The van der Waals surface area contributed by atoms with Crippen LogP contribution in [0.25, 0.3) is 0 Å². The zero-order valence-electron chi connectivity index (χ0n) is 15.2. The number of fused-ring (bicyclic) bond motifs is 2. The van der Waals surface area contributed by atoms with Gasteiger partial charge in [0.1, 0.15) is 18.0 Å². The summed E-state index contributed by atoms with van der Waals surface area (Å²) in [7, 11) is 0. The van der Waals surface area contributed by atoms with Crippen LogP contribution in [0.4, 0.5) is 24.5 Å². The van der Waals surface area contributed by atoms with Crippen molar-refractivity contribution in [1.82, 2.24) is 0 Å². The summed E-state index contributed by atoms with van der Waals surface area (Å²) in [6.45, 7) is 0.0873. The molecular formula is C20H17F3N2O4. The highest BCUT2D eigenvalue weighted by Gasteiger charge is 2.33. The van der Waals surface area contributed by atoms with Gasteiger partial charge in [-0.15, -0.1) is 13.2 Å². The third kappa shape index (κ3) is 3.98. The molecule has 2 heterocycles. The van der Waals surface area contributed by atoms with Crippen molar-refractivity contribution in [2.24, 2.45) is 0 Å². The number of nitrogens with zero attached hydrogens (tertiary/aromatic N) is 2. The lowest BCUT2D eigenvalue weighted by molar-refractivity contribution is -0.274. The molecule has 2 aromatic rings. The van der Waals surface area contributed by atoms with E-state index in [1.807, 2.05) is 0 Å². The molecule has 152 valence electrons. The summed E-state index contributed by atoms with van der Waals surface area (Å²) in [6, 6.07) is 10.9. The predicted octanol–water partition coefficient (Wildman–Crippen LogP) is 3.29. The molecule has 0 atom stereocenters. The van der Waals surface area contributed by atoms with E-state index in [1.165, 1.54) is 28.0 Å². The fourth-order valence-electron chi connectivity index (χ4n) is 3.58. The molecule has 29 heavy (non-hydrogen) atoms. The number of aryl methyl sites for hydroxylation is 1. The highest BCUT2D eigenvalue weighted by molar-refractivity contribution is 6.06. The van der Waals surface area contributed by atoms with Crippen LogP contribution in [0.3, 0.4) is 0 Å². The van der Waals surface area contributed by atoms with Crippen molar-refractivity contribution in [3.05, 3.63) is 48.0 Å². The fraction of sp³-hybridized carbons (Fsp3) is 0.300. The summed E-state index contributed by atoms with van der Waals surface area (Å²) in [4.78, 5) is 28.2. The minimum absolute atomic E-state index is 0.154. The van der Waals surface area contributed by atoms with E-state index in [0.717, 1.165) is 0 Å². The first kappa shape index (κ1) is 19.1. The molecule has 0 saturated carbocycles. The molecule has 6 nitrogen and oxygen atoms in total. The van der Waals surface area contributed by atoms with Crippen LogP contribution in [0, 0.1) is 0 Å². The summed E-state index contributed by atoms with van der Waals surface area (Å²) >= 11 is 0. The van der Waals surface area contributed by atoms with Crippen molar-refractivity contribution in [3.63, 3.8) is 0 Å². The first-order chi connectivity index (χ1) is 13.8. The van der Waals surface area contributed by atoms with Crippen LogP contribution < -0.4 is 19.3 Å². The molecule has 2 amide bonds. The number of ether oxygens (including phenoxy) is 2. The number of halogens is 3. The van der Waals surface area contributed by atoms with E-state index >= 15 is 0 Å². The molecule has 0 aliphatic carbocycles. The predicted molar refractivity (Wildman–Crippen MR) is 98.1 cm³/mol. The summed E-state index contributed by atoms with van der Waals surface area (Å²) < 4.78 is 46.7. The van der Waals surface area contributed by atoms with E-state index in [0.29, 0.717) is 42.1 Å². The highest BCUT2D eigenvalue weighted by atomic mass is 19.4. The minimum Gasteiger partial charge on any atom is -0.482 e. The lowest BCUT2D eigenvalue weighted by Gasteiger charge is -2.33. The van der Waals surface area contributed by atoms with E-state index in [9.17, 15) is 22.8 Å². The van der Waals surface area contributed by atoms with Gasteiger partial charge in [-0.1, -0.05) is 12.1 Å². The zero-order chi connectivity index (χ0) is 20.6. The Morgan fingerprint density at radius 2 is 1.93 bits per heavy atom. The number of alkyl halides is 3. The Hall–Kier alpha value is -3.23. The average Bonchev–Trinajstić information content (AvgIpc) is 2.68. The lowest BCUT2D eigenvalue weighted by atomic mass is 10.0. The van der Waals surface area contributed by atoms with Crippen LogP contribution in [0.5, 0.6) is 11.5 Å². The summed E-state index contributed by atoms with van der Waals surface area (Å²) in [5.41, 5.74) is 1.65. The Bertz CT molecular complexity index is 961. The Labute approximate surface area is 164 Å². The number of rotatable bonds is 3. The van der Waals surface area contributed by atoms with Crippen LogP contribution >= 0.6 is 0 Å². The minimum atomic E-state index is -4.78. The number of hydrogen-bond acceptors (Lipinski definition) is 4. The first-order valence-corrected chi connectivity index (χ1v) is 9.03. The van der Waals surface area contributed by atoms with E-state index in [1.54, 1.807) is 24.3 Å². The van der Waals surface area contributed by atoms with E-state index in [-0.39, 0.29) is 30.7 Å². The second-order valence-corrected chi connectivity index (χ2v) is 6.72. The highest BCUT2D eigenvalue weighted by Crippen LogP contribution is 2.34. The normalized spacial score (nSPS) is 16.0. The van der Waals surface area contributed by atoms with Gasteiger partial charge in [-0.2, -0.15) is 0 Å². The third-order valence-corrected chi connectivity index (χ3v) is 4.81. The standard InChI is InChI=1S/C20H17F3N2O4/c21-20(22,23)29-14-7-8-15-13(10-14)4-3-9-24(15)18(26)11-25-16-5-1-2-6-17(16)28-12-19(25)27/h1-2,5-8,10H,3-4,9,11-12H2. The monoisotopic (exact) mass is 406 g/mol. The molecule has 0 radical (unpaired) electrons. The molecule has 2 aliphatic rings. The Kier molecular flexibility index (Phi) is 4.81. The van der Waals surface area contributed by atoms with Crippen molar-refractivity contribution < 1.29 is 32.2 Å². The maximum Gasteiger partial charge on any atom is 0.573 e. The molecule has 0 saturated heterocycles. The van der Waals surface area contributed by atoms with Gasteiger partial charge >= 0.3 is 6.36 Å². The molecule has 2 aromatic carbocycles. The largest absolute Gasteiger partial charge is 0.573 e. The summed E-state index contributed by atoms with van der Waals surface area (Å²) in [5.74, 6) is -0.445. The van der Waals surface area contributed by atoms with Crippen LogP contribution in [-0.2, 0) is 16.0 Å². The number of anilines is 2. The molecule has 0 aromatic heterocycles. The molecule has 4 rings (SSSR count). The molecule has 0 fully saturated rings. The number of amides is 2. The van der Waals surface area contributed by atoms with Crippen LogP contribution in [0.1, 0.15) is 12.0 Å². The molecule has 9 heteroatoms. The second kappa shape index (κ2) is 7.31. The average molecular weight is 406 g/mol. The Balaban J connectivity index is 1.56. The topological polar surface area (TPSA) is 59.1 Å². The molecular weight excluding hydrogens is 389 g/mol. The first-order valence-electron chi connectivity index (χ1n) is 9.03. The van der Waals surface area contributed by atoms with Crippen LogP contribution in [0.15, 0.2) is 42.5 Å². The van der Waals surface area contributed by atoms with Crippen LogP contribution in [-0.4, -0.2) is 37.9 Å². The zero-order valence-corrected chi connectivity index (χ0v) is 15.2. The Morgan fingerprint density at radius 3 is 2.72 bits per heavy atom. The lowest BCUT2D eigenvalue weighted by Crippen LogP contribution is -2.47. The number of carbonyl (C=O) groups excluding carboxylic acids is 2. The van der Waals surface area contributed by atoms with Crippen molar-refractivity contribution in [2.45, 2.75) is 19.2 Å². The summed E-state index contributed by atoms with van der Waals surface area (Å²) in [6.07, 6.45) is -3.64. The van der Waals surface area contributed by atoms with Gasteiger partial charge in [0.25, 0.3) is 5.91 Å². The van der Waals surface area contributed by atoms with Crippen molar-refractivity contribution in [1.29, 1.82) is 0 Å². The molecule has 0 N–H and O–H groups in total. The van der Waals surface area contributed by atoms with E-state index in [4.69, 9.17) is 4.74 Å². The SMILES string of the molecule is O=C(CN1C(=O)COc2ccccc21)N1CCCc2cc(OC(F)(F)F)ccc21. The number of benzene rings is 2. The van der Waals surface area contributed by atoms with Crippen molar-refractivity contribution >= 4 is 23.2 Å². The Morgan fingerprint density at radius 1 is 1.14 bits per heavy atom. The van der Waals surface area contributed by atoms with Gasteiger partial charge in [0.05, 0.1) is 5.69 Å². The van der Waals surface area contributed by atoms with Crippen molar-refractivity contribution in [3.8, 4) is 11.5 Å². The third-order valence-electron chi connectivity index (χ3n) is 4.81. The maximum atomic E-state index is 13.0. The van der Waals surface area contributed by atoms with E-state index < -0.39 is 6.36 Å². The fourth-order valence-corrected chi connectivity index (χ4v) is 3.58. The number of carbonyl (C=O) groups is 2. The van der Waals surface area contributed by atoms with Gasteiger partial charge in [-0.3, -0.25) is 14.5 Å². The van der Waals surface area contributed by atoms with Gasteiger partial charge in [0.2, 0.25) is 5.91 Å². The molecule has 0 bridgehead atoms. The molecule has 2 aliphatic heterocycles. The van der Waals surface area contributed by atoms with Gasteiger partial charge in [0, 0.05) is 12.2 Å². The summed E-state index contributed by atoms with van der Waals surface area (Å²) in [5, 5.41) is 0. The quantitative estimate of drug-likeness (QED) is 0.785. The van der Waals surface area contributed by atoms with Gasteiger partial charge in [0.15, 0.2) is 6.61 Å². The van der Waals surface area contributed by atoms with Crippen molar-refractivity contribution in [2.75, 3.05) is 29.5 Å². The maximum absolute atomic E-state index is 13.0. The van der Waals surface area contributed by atoms with Gasteiger partial charge < -0.3 is 14.4 Å². The molecule has 0 unspecified atom stereocenters. The second-order valence-electron chi connectivity index (χ2n) is 6.72. The number of para-hydroxylation sites is 2.